The van der Waals surface area contributed by atoms with Gasteiger partial charge in [0.25, 0.3) is 0 Å². The number of hydrogen-bond acceptors (Lipinski definition) is 11. The maximum atomic E-state index is 15.8. The second kappa shape index (κ2) is 15.2. The number of carbonyl (C=O) groups excluding carboxylic acids is 3. The molecular formula is C51H60N2O9. The number of fused-ring (bicyclic) bond motifs is 6. The molecule has 62 heavy (non-hydrogen) atoms. The quantitative estimate of drug-likeness (QED) is 0.0670. The maximum absolute atomic E-state index is 15.8. The fraction of sp³-hybridized carbons (Fsp3) is 0.529. The van der Waals surface area contributed by atoms with Crippen LogP contribution < -0.4 is 19.5 Å². The lowest BCUT2D eigenvalue weighted by Gasteiger charge is -2.67. The number of ether oxygens (including phenoxy) is 5. The van der Waals surface area contributed by atoms with Gasteiger partial charge in [0.2, 0.25) is 0 Å². The first kappa shape index (κ1) is 42.5. The van der Waals surface area contributed by atoms with E-state index in [9.17, 15) is 14.7 Å². The van der Waals surface area contributed by atoms with E-state index in [4.69, 9.17) is 28.7 Å². The van der Waals surface area contributed by atoms with E-state index < -0.39 is 58.1 Å². The van der Waals surface area contributed by atoms with E-state index in [0.29, 0.717) is 53.5 Å². The monoisotopic (exact) mass is 844 g/mol. The average molecular weight is 845 g/mol. The third-order valence-corrected chi connectivity index (χ3v) is 14.8. The Hall–Kier alpha value is -4.84. The number of allylic oxidation sites excluding steroid dienone is 4. The summed E-state index contributed by atoms with van der Waals surface area (Å²) in [6.07, 6.45) is 13.0. The molecule has 10 rings (SSSR count). The van der Waals surface area contributed by atoms with Crippen molar-refractivity contribution in [2.24, 2.45) is 34.6 Å². The van der Waals surface area contributed by atoms with Crippen LogP contribution in [0, 0.1) is 29.6 Å². The zero-order chi connectivity index (χ0) is 44.1. The number of carbonyl (C=O) groups is 3. The lowest BCUT2D eigenvalue weighted by molar-refractivity contribution is -0.228. The molecule has 4 aliphatic heterocycles. The molecule has 2 aromatic carbocycles. The molecule has 1 saturated heterocycles. The molecule has 4 aliphatic carbocycles. The minimum absolute atomic E-state index is 0.0183. The predicted molar refractivity (Wildman–Crippen MR) is 236 cm³/mol. The predicted octanol–water partition coefficient (Wildman–Crippen LogP) is 8.02. The van der Waals surface area contributed by atoms with Crippen LogP contribution in [0.15, 0.2) is 70.3 Å². The summed E-state index contributed by atoms with van der Waals surface area (Å²) >= 11 is 0. The number of nitrogens with one attached hydrogen (secondary N) is 1. The lowest BCUT2D eigenvalue weighted by atomic mass is 9.40. The molecule has 11 heteroatoms. The van der Waals surface area contributed by atoms with Crippen LogP contribution in [-0.4, -0.2) is 77.8 Å². The van der Waals surface area contributed by atoms with Crippen molar-refractivity contribution in [1.29, 1.82) is 0 Å². The maximum Gasteiger partial charge on any atom is 0.333 e. The molecule has 4 heterocycles. The second-order valence-corrected chi connectivity index (χ2v) is 19.6. The SMILES string of the molecule is COC(=O)/C(C)=C\CC12OC(C)(C)C3CC(C1=O)C1C4C(=O)c5ccccc5C4=NC4c5c(OCNCCO)c6c(c(CC=C(C)C)c5OC32C41)OC(C)(CCC=C(C)C)C=C6. The Bertz CT molecular complexity index is 2420. The van der Waals surface area contributed by atoms with Crippen molar-refractivity contribution in [3.63, 3.8) is 0 Å². The zero-order valence-corrected chi connectivity index (χ0v) is 37.5. The van der Waals surface area contributed by atoms with E-state index in [1.807, 2.05) is 38.1 Å². The molecule has 4 fully saturated rings. The first-order valence-electron chi connectivity index (χ1n) is 22.3. The largest absolute Gasteiger partial charge is 0.482 e. The number of ketones is 2. The van der Waals surface area contributed by atoms with Gasteiger partial charge in [-0.25, -0.2) is 4.79 Å². The smallest absolute Gasteiger partial charge is 0.333 e. The van der Waals surface area contributed by atoms with E-state index in [1.54, 1.807) is 13.0 Å². The van der Waals surface area contributed by atoms with Gasteiger partial charge in [-0.1, -0.05) is 53.6 Å². The van der Waals surface area contributed by atoms with Crippen LogP contribution in [-0.2, 0) is 25.5 Å². The number of nitrogens with zero attached hydrogens (tertiary/aromatic N) is 1. The van der Waals surface area contributed by atoms with Crippen molar-refractivity contribution in [2.45, 2.75) is 116 Å². The Morgan fingerprint density at radius 1 is 1.00 bits per heavy atom. The first-order chi connectivity index (χ1) is 29.5. The zero-order valence-electron chi connectivity index (χ0n) is 37.5. The van der Waals surface area contributed by atoms with Crippen LogP contribution in [0.25, 0.3) is 6.08 Å². The van der Waals surface area contributed by atoms with E-state index in [2.05, 4.69) is 64.2 Å². The van der Waals surface area contributed by atoms with Gasteiger partial charge in [0.05, 0.1) is 48.1 Å². The molecule has 0 aromatic heterocycles. The third-order valence-electron chi connectivity index (χ3n) is 14.8. The molecule has 0 amide bonds. The van der Waals surface area contributed by atoms with Crippen molar-refractivity contribution in [3.8, 4) is 17.2 Å². The molecule has 0 radical (unpaired) electrons. The molecule has 2 N–H and O–H groups in total. The number of rotatable bonds is 13. The molecule has 9 atom stereocenters. The highest BCUT2D eigenvalue weighted by Crippen LogP contribution is 2.76. The number of esters is 1. The number of aliphatic hydroxyl groups is 1. The summed E-state index contributed by atoms with van der Waals surface area (Å²) in [5.41, 5.74) is 2.88. The standard InChI is InChI=1S/C51H60N2O9/c1-27(2)13-12-20-49(8)21-19-33-43(60-49)32(17-16-28(3)4)45-38(44(33)59-26-52-23-24-54)41-39-36(37-40(53-41)30-14-10-11-15-31(30)42(37)55)34-25-35-48(6,7)62-50(46(34)56,51(35,39)61-45)22-18-29(5)47(57)58-9/h10-11,13-16,18-19,21,34-37,39,41,52,54H,12,17,20,22-26H2,1-9H3/b29-18-. The van der Waals surface area contributed by atoms with Gasteiger partial charge in [-0.2, -0.15) is 0 Å². The van der Waals surface area contributed by atoms with Crippen LogP contribution >= 0.6 is 0 Å². The van der Waals surface area contributed by atoms with Crippen molar-refractivity contribution in [1.82, 2.24) is 5.32 Å². The van der Waals surface area contributed by atoms with E-state index >= 15 is 4.79 Å². The summed E-state index contributed by atoms with van der Waals surface area (Å²) in [5.74, 6) is -1.23. The molecule has 4 bridgehead atoms. The molecule has 328 valence electrons. The van der Waals surface area contributed by atoms with Gasteiger partial charge in [-0.15, -0.1) is 0 Å². The van der Waals surface area contributed by atoms with Crippen LogP contribution in [0.3, 0.4) is 0 Å². The highest BCUT2D eigenvalue weighted by molar-refractivity contribution is 6.29. The molecular weight excluding hydrogens is 785 g/mol. The van der Waals surface area contributed by atoms with E-state index in [0.717, 1.165) is 40.7 Å². The van der Waals surface area contributed by atoms with Crippen LogP contribution in [0.1, 0.15) is 120 Å². The van der Waals surface area contributed by atoms with Gasteiger partial charge in [0.1, 0.15) is 29.6 Å². The molecule has 11 nitrogen and oxygen atoms in total. The normalized spacial score (nSPS) is 32.3. The number of Topliss-reactive ketones (excluding diaryl/α,β-unsaturated/α-hetero) is 2. The number of benzene rings is 2. The molecule has 3 saturated carbocycles. The summed E-state index contributed by atoms with van der Waals surface area (Å²) in [6, 6.07) is 7.05. The summed E-state index contributed by atoms with van der Waals surface area (Å²) in [7, 11) is 1.34. The minimum atomic E-state index is -1.52. The van der Waals surface area contributed by atoms with Gasteiger partial charge in [0.15, 0.2) is 22.8 Å². The van der Waals surface area contributed by atoms with Gasteiger partial charge >= 0.3 is 5.97 Å². The summed E-state index contributed by atoms with van der Waals surface area (Å²) < 4.78 is 34.4. The number of hydrogen-bond donors (Lipinski definition) is 2. The summed E-state index contributed by atoms with van der Waals surface area (Å²) in [4.78, 5) is 49.2. The van der Waals surface area contributed by atoms with Gasteiger partial charge < -0.3 is 28.8 Å². The number of methoxy groups -OCH3 is 1. The minimum Gasteiger partial charge on any atom is -0.482 e. The van der Waals surface area contributed by atoms with E-state index in [-0.39, 0.29) is 37.2 Å². The van der Waals surface area contributed by atoms with Gasteiger partial charge in [-0.05, 0) is 99.1 Å². The first-order valence-corrected chi connectivity index (χ1v) is 22.3. The van der Waals surface area contributed by atoms with E-state index in [1.165, 1.54) is 12.7 Å². The summed E-state index contributed by atoms with van der Waals surface area (Å²) in [6.45, 7) is 16.6. The van der Waals surface area contributed by atoms with Crippen LogP contribution in [0.5, 0.6) is 17.2 Å². The number of aliphatic imine (C=N–C) groups is 1. The Morgan fingerprint density at radius 3 is 2.45 bits per heavy atom. The summed E-state index contributed by atoms with van der Waals surface area (Å²) in [5, 5.41) is 12.9. The highest BCUT2D eigenvalue weighted by atomic mass is 16.6. The molecule has 8 aliphatic rings. The third kappa shape index (κ3) is 6.08. The molecule has 9 unspecified atom stereocenters. The lowest BCUT2D eigenvalue weighted by Crippen LogP contribution is -2.79. The van der Waals surface area contributed by atoms with Crippen LogP contribution in [0.2, 0.25) is 0 Å². The van der Waals surface area contributed by atoms with Gasteiger partial charge in [0, 0.05) is 53.0 Å². The fourth-order valence-corrected chi connectivity index (χ4v) is 12.3. The van der Waals surface area contributed by atoms with Crippen LogP contribution in [0.4, 0.5) is 0 Å². The average Bonchev–Trinajstić information content (AvgIpc) is 3.59. The molecule has 2 aromatic rings. The Morgan fingerprint density at radius 2 is 1.74 bits per heavy atom. The fourth-order valence-electron chi connectivity index (χ4n) is 12.3. The van der Waals surface area contributed by atoms with Crippen molar-refractivity contribution in [2.75, 3.05) is 27.0 Å². The molecule has 1 spiro atoms. The Balaban J connectivity index is 1.36. The Kier molecular flexibility index (Phi) is 10.4. The van der Waals surface area contributed by atoms with Crippen molar-refractivity contribution in [3.05, 3.63) is 93.1 Å². The van der Waals surface area contributed by atoms with Crippen molar-refractivity contribution >= 4 is 29.3 Å². The number of aliphatic hydroxyl groups excluding tert-OH is 1. The topological polar surface area (TPSA) is 142 Å². The highest BCUT2D eigenvalue weighted by Gasteiger charge is 2.86. The van der Waals surface area contributed by atoms with Gasteiger partial charge in [-0.3, -0.25) is 19.9 Å². The Labute approximate surface area is 364 Å². The second-order valence-electron chi connectivity index (χ2n) is 19.6. The van der Waals surface area contributed by atoms with Crippen molar-refractivity contribution < 1.29 is 43.2 Å².